The molecule has 0 amide bonds. The Hall–Kier alpha value is -6.78. The van der Waals surface area contributed by atoms with Crippen molar-refractivity contribution < 1.29 is 8.78 Å². The molecule has 8 aromatic carbocycles. The van der Waals surface area contributed by atoms with E-state index in [9.17, 15) is 0 Å². The van der Waals surface area contributed by atoms with Crippen molar-refractivity contribution in [2.24, 2.45) is 23.7 Å². The first kappa shape index (κ1) is 35.9. The average molecular weight is 807 g/mol. The summed E-state index contributed by atoms with van der Waals surface area (Å²) < 4.78 is 34.3. The van der Waals surface area contributed by atoms with Crippen LogP contribution in [0.3, 0.4) is 0 Å². The normalized spacial score (nSPS) is 21.8. The zero-order chi connectivity index (χ0) is 41.1. The number of hydrogen-bond acceptors (Lipinski definition) is 1. The maximum Gasteiger partial charge on any atom is 0.134 e. The van der Waals surface area contributed by atoms with Crippen LogP contribution in [0.2, 0.25) is 0 Å². The number of fused-ring (bicyclic) bond motifs is 6. The molecule has 300 valence electrons. The van der Waals surface area contributed by atoms with E-state index in [0.717, 1.165) is 111 Å². The molecule has 4 heteroatoms. The van der Waals surface area contributed by atoms with Crippen molar-refractivity contribution in [3.63, 3.8) is 0 Å². The second-order valence-corrected chi connectivity index (χ2v) is 18.3. The molecule has 5 aliphatic carbocycles. The molecule has 4 saturated carbocycles. The monoisotopic (exact) mass is 806 g/mol. The third-order valence-electron chi connectivity index (χ3n) is 15.3. The highest BCUT2D eigenvalue weighted by Gasteiger charge is 2.62. The molecule has 2 nitrogen and oxygen atoms in total. The first-order chi connectivity index (χ1) is 30.6. The molecule has 4 fully saturated rings. The molecular weight excluding hydrogens is 763 g/mol. The summed E-state index contributed by atoms with van der Waals surface area (Å²) in [5, 5.41) is 2.34. The fourth-order valence-electron chi connectivity index (χ4n) is 13.3. The molecule has 62 heavy (non-hydrogen) atoms. The molecule has 0 atom stereocenters. The third-order valence-corrected chi connectivity index (χ3v) is 15.3. The lowest BCUT2D eigenvalue weighted by Crippen LogP contribution is -2.55. The van der Waals surface area contributed by atoms with E-state index in [1.165, 1.54) is 22.8 Å². The van der Waals surface area contributed by atoms with Crippen molar-refractivity contribution in [3.8, 4) is 39.1 Å². The van der Waals surface area contributed by atoms with E-state index in [1.54, 1.807) is 6.07 Å². The summed E-state index contributed by atoms with van der Waals surface area (Å²) in [6, 6.07) is 63.5. The summed E-state index contributed by atoms with van der Waals surface area (Å²) >= 11 is 0. The Morgan fingerprint density at radius 3 is 1.87 bits per heavy atom. The van der Waals surface area contributed by atoms with Gasteiger partial charge in [-0.3, -0.25) is 0 Å². The van der Waals surface area contributed by atoms with Gasteiger partial charge in [-0.05, 0) is 144 Å². The largest absolute Gasteiger partial charge is 0.309 e. The lowest BCUT2D eigenvalue weighted by Gasteiger charge is -2.61. The van der Waals surface area contributed by atoms with Crippen LogP contribution in [0.15, 0.2) is 182 Å². The Bertz CT molecular complexity index is 3190. The zero-order valence-corrected chi connectivity index (χ0v) is 34.3. The number of rotatable bonds is 6. The van der Waals surface area contributed by atoms with E-state index >= 15 is 8.78 Å². The Morgan fingerprint density at radius 1 is 0.484 bits per heavy atom. The number of para-hydroxylation sites is 3. The highest BCUT2D eigenvalue weighted by atomic mass is 19.1. The smallest absolute Gasteiger partial charge is 0.134 e. The molecule has 0 radical (unpaired) electrons. The standard InChI is InChI=1S/C58H44F2N2/c59-42-34-49-57(50(60)35-42)55-46(19-11-20-48(55)58(49)40-30-36-29-37(32-40)33-41(58)31-36)39-25-27-44(28-26-39)62(51-21-9-7-17-45(51)38-13-3-1-4-14-38)54-24-12-23-53-56(54)47-18-8-10-22-52(47)61(53)43-15-5-2-6-16-43/h1-28,34-37,40-41H,29-33H2. The van der Waals surface area contributed by atoms with Crippen LogP contribution in [-0.2, 0) is 5.41 Å². The number of anilines is 3. The van der Waals surface area contributed by atoms with Crippen molar-refractivity contribution in [2.75, 3.05) is 4.90 Å². The number of nitrogens with zero attached hydrogens (tertiary/aromatic N) is 2. The second kappa shape index (κ2) is 13.6. The van der Waals surface area contributed by atoms with E-state index < -0.39 is 11.6 Å². The van der Waals surface area contributed by atoms with E-state index in [-0.39, 0.29) is 5.41 Å². The fraction of sp³-hybridized carbons (Fsp3) is 0.172. The van der Waals surface area contributed by atoms with Crippen LogP contribution in [0.5, 0.6) is 0 Å². The molecule has 1 aromatic heterocycles. The Balaban J connectivity index is 1.02. The lowest BCUT2D eigenvalue weighted by molar-refractivity contribution is -0.0400. The van der Waals surface area contributed by atoms with Crippen LogP contribution in [0.4, 0.5) is 25.8 Å². The van der Waals surface area contributed by atoms with Gasteiger partial charge in [0.15, 0.2) is 0 Å². The molecule has 0 unspecified atom stereocenters. The van der Waals surface area contributed by atoms with Gasteiger partial charge in [-0.15, -0.1) is 0 Å². The number of aromatic nitrogens is 1. The van der Waals surface area contributed by atoms with Crippen molar-refractivity contribution in [1.82, 2.24) is 4.57 Å². The topological polar surface area (TPSA) is 8.17 Å². The highest BCUT2D eigenvalue weighted by molar-refractivity contribution is 6.17. The first-order valence-electron chi connectivity index (χ1n) is 22.3. The van der Waals surface area contributed by atoms with Gasteiger partial charge in [-0.25, -0.2) is 8.78 Å². The summed E-state index contributed by atoms with van der Waals surface area (Å²) in [5.41, 5.74) is 14.2. The molecule has 4 bridgehead atoms. The van der Waals surface area contributed by atoms with Gasteiger partial charge in [-0.1, -0.05) is 121 Å². The Morgan fingerprint density at radius 2 is 1.10 bits per heavy atom. The van der Waals surface area contributed by atoms with Gasteiger partial charge in [0.25, 0.3) is 0 Å². The SMILES string of the molecule is Fc1cc(F)c2c(c1)C1(c3cccc(-c4ccc(N(c5ccccc5-c5ccccc5)c5cccc6c5c5ccccc5n6-c5ccccc5)cc4)c3-2)C2CC3CC(C2)CC1C3. The quantitative estimate of drug-likeness (QED) is 0.162. The minimum absolute atomic E-state index is 0.341. The Labute approximate surface area is 360 Å². The number of hydrogen-bond donors (Lipinski definition) is 0. The van der Waals surface area contributed by atoms with E-state index in [2.05, 4.69) is 179 Å². The van der Waals surface area contributed by atoms with Crippen LogP contribution in [0.25, 0.3) is 60.9 Å². The summed E-state index contributed by atoms with van der Waals surface area (Å²) in [6.45, 7) is 0. The highest BCUT2D eigenvalue weighted by Crippen LogP contribution is 2.70. The van der Waals surface area contributed by atoms with Gasteiger partial charge in [0, 0.05) is 44.8 Å². The average Bonchev–Trinajstić information content (AvgIpc) is 3.80. The van der Waals surface area contributed by atoms with Crippen LogP contribution >= 0.6 is 0 Å². The summed E-state index contributed by atoms with van der Waals surface area (Å²) in [4.78, 5) is 2.41. The van der Waals surface area contributed by atoms with E-state index in [1.807, 2.05) is 0 Å². The van der Waals surface area contributed by atoms with Crippen molar-refractivity contribution in [1.29, 1.82) is 0 Å². The summed E-state index contributed by atoms with van der Waals surface area (Å²) in [6.07, 6.45) is 5.93. The molecule has 5 aliphatic rings. The van der Waals surface area contributed by atoms with Crippen molar-refractivity contribution in [2.45, 2.75) is 37.5 Å². The molecule has 0 aliphatic heterocycles. The molecule has 0 saturated heterocycles. The van der Waals surface area contributed by atoms with Gasteiger partial charge >= 0.3 is 0 Å². The first-order valence-corrected chi connectivity index (χ1v) is 22.3. The van der Waals surface area contributed by atoms with Crippen LogP contribution in [-0.4, -0.2) is 4.57 Å². The van der Waals surface area contributed by atoms with E-state index in [0.29, 0.717) is 17.4 Å². The van der Waals surface area contributed by atoms with Gasteiger partial charge in [0.2, 0.25) is 0 Å². The molecule has 1 spiro atoms. The van der Waals surface area contributed by atoms with Gasteiger partial charge < -0.3 is 9.47 Å². The molecule has 1 heterocycles. The number of benzene rings is 8. The van der Waals surface area contributed by atoms with E-state index in [4.69, 9.17) is 0 Å². The predicted octanol–water partition coefficient (Wildman–Crippen LogP) is 15.6. The lowest BCUT2D eigenvalue weighted by atomic mass is 9.43. The van der Waals surface area contributed by atoms with Gasteiger partial charge in [0.1, 0.15) is 11.6 Å². The third kappa shape index (κ3) is 5.07. The van der Waals surface area contributed by atoms with Crippen LogP contribution < -0.4 is 4.90 Å². The van der Waals surface area contributed by atoms with Crippen LogP contribution in [0, 0.1) is 35.3 Å². The Kier molecular flexibility index (Phi) is 7.89. The minimum Gasteiger partial charge on any atom is -0.309 e. The van der Waals surface area contributed by atoms with Gasteiger partial charge in [0.05, 0.1) is 22.4 Å². The van der Waals surface area contributed by atoms with Gasteiger partial charge in [-0.2, -0.15) is 0 Å². The molecular formula is C58H44F2N2. The molecule has 14 rings (SSSR count). The second-order valence-electron chi connectivity index (χ2n) is 18.3. The fourth-order valence-corrected chi connectivity index (χ4v) is 13.3. The van der Waals surface area contributed by atoms with Crippen LogP contribution in [0.1, 0.15) is 43.2 Å². The molecule has 0 N–H and O–H groups in total. The minimum atomic E-state index is -0.467. The zero-order valence-electron chi connectivity index (χ0n) is 34.3. The molecule has 9 aromatic rings. The number of halogens is 2. The maximum absolute atomic E-state index is 16.5. The summed E-state index contributed by atoms with van der Waals surface area (Å²) in [7, 11) is 0. The summed E-state index contributed by atoms with van der Waals surface area (Å²) in [5.74, 6) is 1.38. The predicted molar refractivity (Wildman–Crippen MR) is 250 cm³/mol. The van der Waals surface area contributed by atoms with Crippen molar-refractivity contribution >= 4 is 38.9 Å². The van der Waals surface area contributed by atoms with Crippen molar-refractivity contribution in [3.05, 3.63) is 205 Å². The maximum atomic E-state index is 16.5.